The summed E-state index contributed by atoms with van der Waals surface area (Å²) in [6.45, 7) is 5.57. The topological polar surface area (TPSA) is 87.7 Å². The zero-order chi connectivity index (χ0) is 15.6. The number of nitrogens with one attached hydrogen (secondary N) is 2. The van der Waals surface area contributed by atoms with Gasteiger partial charge in [0, 0.05) is 5.02 Å². The van der Waals surface area contributed by atoms with Gasteiger partial charge in [0.05, 0.1) is 10.9 Å². The minimum Gasteiger partial charge on any atom is -0.263 e. The van der Waals surface area contributed by atoms with Crippen LogP contribution < -0.4 is 4.72 Å². The molecule has 1 aromatic carbocycles. The van der Waals surface area contributed by atoms with Crippen LogP contribution in [-0.4, -0.2) is 23.6 Å². The standard InChI is InChI=1S/C13H17ClN4O2S/c1-8(2)12(13-15-9(3)16-17-13)18-21(19,20)11-6-4-10(14)5-7-11/h4-8,12,18H,1-3H3,(H,15,16,17)/t12-/m1/s1. The normalized spacial score (nSPS) is 13.6. The van der Waals surface area contributed by atoms with Crippen molar-refractivity contribution in [2.75, 3.05) is 0 Å². The lowest BCUT2D eigenvalue weighted by Crippen LogP contribution is -2.32. The van der Waals surface area contributed by atoms with Crippen LogP contribution in [0.5, 0.6) is 0 Å². The van der Waals surface area contributed by atoms with E-state index in [1.807, 2.05) is 13.8 Å². The fourth-order valence-corrected chi connectivity index (χ4v) is 3.30. The Morgan fingerprint density at radius 1 is 1.24 bits per heavy atom. The first-order valence-electron chi connectivity index (χ1n) is 6.46. The van der Waals surface area contributed by atoms with Crippen molar-refractivity contribution in [2.45, 2.75) is 31.7 Å². The van der Waals surface area contributed by atoms with Gasteiger partial charge >= 0.3 is 0 Å². The average molecular weight is 329 g/mol. The maximum absolute atomic E-state index is 12.4. The summed E-state index contributed by atoms with van der Waals surface area (Å²) in [5.74, 6) is 1.07. The lowest BCUT2D eigenvalue weighted by molar-refractivity contribution is 0.445. The Hall–Kier alpha value is -1.44. The van der Waals surface area contributed by atoms with E-state index >= 15 is 0 Å². The quantitative estimate of drug-likeness (QED) is 0.882. The lowest BCUT2D eigenvalue weighted by atomic mass is 10.1. The molecule has 1 aromatic heterocycles. The lowest BCUT2D eigenvalue weighted by Gasteiger charge is -2.19. The van der Waals surface area contributed by atoms with Crippen LogP contribution in [0.2, 0.25) is 5.02 Å². The van der Waals surface area contributed by atoms with E-state index in [0.717, 1.165) is 0 Å². The van der Waals surface area contributed by atoms with Crippen molar-refractivity contribution in [3.05, 3.63) is 40.9 Å². The van der Waals surface area contributed by atoms with E-state index in [-0.39, 0.29) is 10.8 Å². The summed E-state index contributed by atoms with van der Waals surface area (Å²) in [5, 5.41) is 7.25. The highest BCUT2D eigenvalue weighted by Gasteiger charge is 2.26. The van der Waals surface area contributed by atoms with E-state index in [1.54, 1.807) is 6.92 Å². The minimum absolute atomic E-state index is 0.00211. The molecule has 2 rings (SSSR count). The van der Waals surface area contributed by atoms with Crippen LogP contribution in [-0.2, 0) is 10.0 Å². The van der Waals surface area contributed by atoms with E-state index in [2.05, 4.69) is 19.9 Å². The molecule has 0 amide bonds. The number of hydrogen-bond acceptors (Lipinski definition) is 4. The van der Waals surface area contributed by atoms with Crippen molar-refractivity contribution < 1.29 is 8.42 Å². The van der Waals surface area contributed by atoms with Gasteiger partial charge in [0.25, 0.3) is 0 Å². The molecule has 0 unspecified atom stereocenters. The molecule has 2 aromatic rings. The number of nitrogens with zero attached hydrogens (tertiary/aromatic N) is 2. The second-order valence-electron chi connectivity index (χ2n) is 5.08. The van der Waals surface area contributed by atoms with Crippen LogP contribution in [0.3, 0.4) is 0 Å². The number of halogens is 1. The highest BCUT2D eigenvalue weighted by atomic mass is 35.5. The third-order valence-corrected chi connectivity index (χ3v) is 4.67. The van der Waals surface area contributed by atoms with Gasteiger partial charge in [-0.2, -0.15) is 5.10 Å². The molecule has 2 N–H and O–H groups in total. The van der Waals surface area contributed by atoms with Gasteiger partial charge in [-0.25, -0.2) is 18.1 Å². The highest BCUT2D eigenvalue weighted by Crippen LogP contribution is 2.22. The summed E-state index contributed by atoms with van der Waals surface area (Å²) in [6, 6.07) is 5.50. The zero-order valence-corrected chi connectivity index (χ0v) is 13.5. The number of sulfonamides is 1. The van der Waals surface area contributed by atoms with Crippen LogP contribution in [0, 0.1) is 12.8 Å². The van der Waals surface area contributed by atoms with Gasteiger partial charge in [0.15, 0.2) is 5.82 Å². The first kappa shape index (κ1) is 15.9. The number of H-pyrrole nitrogens is 1. The van der Waals surface area contributed by atoms with Crippen LogP contribution in [0.4, 0.5) is 0 Å². The van der Waals surface area contributed by atoms with Crippen molar-refractivity contribution in [1.82, 2.24) is 19.9 Å². The predicted octanol–water partition coefficient (Wildman–Crippen LogP) is 2.44. The number of aryl methyl sites for hydroxylation is 1. The first-order valence-corrected chi connectivity index (χ1v) is 8.32. The molecule has 0 spiro atoms. The van der Waals surface area contributed by atoms with Gasteiger partial charge < -0.3 is 0 Å². The highest BCUT2D eigenvalue weighted by molar-refractivity contribution is 7.89. The Labute approximate surface area is 129 Å². The molecular formula is C13H17ClN4O2S. The van der Waals surface area contributed by atoms with Crippen LogP contribution in [0.15, 0.2) is 29.2 Å². The average Bonchev–Trinajstić information content (AvgIpc) is 2.82. The molecule has 0 aliphatic rings. The van der Waals surface area contributed by atoms with Crippen LogP contribution >= 0.6 is 11.6 Å². The van der Waals surface area contributed by atoms with E-state index in [0.29, 0.717) is 16.7 Å². The minimum atomic E-state index is -3.66. The van der Waals surface area contributed by atoms with Gasteiger partial charge in [-0.1, -0.05) is 25.4 Å². The molecule has 1 atom stereocenters. The third kappa shape index (κ3) is 3.81. The van der Waals surface area contributed by atoms with Gasteiger partial charge in [0.2, 0.25) is 10.0 Å². The van der Waals surface area contributed by atoms with Gasteiger partial charge in [-0.05, 0) is 37.1 Å². The van der Waals surface area contributed by atoms with Gasteiger partial charge in [-0.3, -0.25) is 5.10 Å². The van der Waals surface area contributed by atoms with Gasteiger partial charge in [0.1, 0.15) is 5.82 Å². The molecule has 0 saturated carbocycles. The fourth-order valence-electron chi connectivity index (χ4n) is 1.83. The summed E-state index contributed by atoms with van der Waals surface area (Å²) in [6.07, 6.45) is 0. The van der Waals surface area contributed by atoms with Crippen LogP contribution in [0.1, 0.15) is 31.5 Å². The van der Waals surface area contributed by atoms with Crippen molar-refractivity contribution in [2.24, 2.45) is 5.92 Å². The SMILES string of the molecule is Cc1nc([C@H](NS(=O)(=O)c2ccc(Cl)cc2)C(C)C)n[nH]1. The molecule has 1 heterocycles. The molecule has 0 radical (unpaired) electrons. The third-order valence-electron chi connectivity index (χ3n) is 2.97. The molecule has 0 aliphatic carbocycles. The van der Waals surface area contributed by atoms with Crippen molar-refractivity contribution in [3.8, 4) is 0 Å². The summed E-state index contributed by atoms with van der Waals surface area (Å²) in [4.78, 5) is 4.37. The Balaban J connectivity index is 2.30. The molecule has 21 heavy (non-hydrogen) atoms. The first-order chi connectivity index (χ1) is 9.79. The summed E-state index contributed by atoms with van der Waals surface area (Å²) < 4.78 is 27.5. The van der Waals surface area contributed by atoms with Crippen molar-refractivity contribution in [1.29, 1.82) is 0 Å². The molecule has 0 bridgehead atoms. The predicted molar refractivity (Wildman–Crippen MR) is 80.5 cm³/mol. The summed E-state index contributed by atoms with van der Waals surface area (Å²) >= 11 is 5.78. The maximum atomic E-state index is 12.4. The molecule has 0 fully saturated rings. The second kappa shape index (κ2) is 6.13. The van der Waals surface area contributed by atoms with E-state index in [9.17, 15) is 8.42 Å². The number of benzene rings is 1. The van der Waals surface area contributed by atoms with E-state index < -0.39 is 16.1 Å². The van der Waals surface area contributed by atoms with Crippen LogP contribution in [0.25, 0.3) is 0 Å². The molecular weight excluding hydrogens is 312 g/mol. The molecule has 0 saturated heterocycles. The summed E-state index contributed by atoms with van der Waals surface area (Å²) in [7, 11) is -3.66. The zero-order valence-electron chi connectivity index (χ0n) is 12.0. The Morgan fingerprint density at radius 3 is 2.33 bits per heavy atom. The second-order valence-corrected chi connectivity index (χ2v) is 7.23. The largest absolute Gasteiger partial charge is 0.263 e. The van der Waals surface area contributed by atoms with Crippen molar-refractivity contribution in [3.63, 3.8) is 0 Å². The van der Waals surface area contributed by atoms with Crippen molar-refractivity contribution >= 4 is 21.6 Å². The summed E-state index contributed by atoms with van der Waals surface area (Å²) in [5.41, 5.74) is 0. The molecule has 8 heteroatoms. The number of aromatic nitrogens is 3. The van der Waals surface area contributed by atoms with E-state index in [1.165, 1.54) is 24.3 Å². The van der Waals surface area contributed by atoms with Gasteiger partial charge in [-0.15, -0.1) is 0 Å². The Morgan fingerprint density at radius 2 is 1.86 bits per heavy atom. The monoisotopic (exact) mass is 328 g/mol. The molecule has 114 valence electrons. The van der Waals surface area contributed by atoms with E-state index in [4.69, 9.17) is 11.6 Å². The Bertz CT molecular complexity index is 710. The fraction of sp³-hybridized carbons (Fsp3) is 0.385. The molecule has 0 aliphatic heterocycles. The number of hydrogen-bond donors (Lipinski definition) is 2. The number of rotatable bonds is 5. The smallest absolute Gasteiger partial charge is 0.241 e. The molecule has 6 nitrogen and oxygen atoms in total. The maximum Gasteiger partial charge on any atom is 0.241 e. The Kier molecular flexibility index (Phi) is 4.65. The number of aromatic amines is 1.